The SMILES string of the molecule is NC1CCCN(C(=O)Cc2csc(-c3cccs3)n2)C1. The van der Waals surface area contributed by atoms with E-state index in [4.69, 9.17) is 5.73 Å². The summed E-state index contributed by atoms with van der Waals surface area (Å²) in [6, 6.07) is 4.20. The molecule has 3 heterocycles. The summed E-state index contributed by atoms with van der Waals surface area (Å²) in [7, 11) is 0. The molecule has 4 nitrogen and oxygen atoms in total. The second kappa shape index (κ2) is 6.03. The fraction of sp³-hybridized carbons (Fsp3) is 0.429. The Labute approximate surface area is 126 Å². The molecule has 1 amide bonds. The number of hydrogen-bond acceptors (Lipinski definition) is 5. The fourth-order valence-corrected chi connectivity index (χ4v) is 4.04. The predicted octanol–water partition coefficient (Wildman–Crippen LogP) is 2.36. The van der Waals surface area contributed by atoms with Crippen LogP contribution in [0.2, 0.25) is 0 Å². The van der Waals surface area contributed by atoms with Gasteiger partial charge in [-0.1, -0.05) is 6.07 Å². The zero-order chi connectivity index (χ0) is 13.9. The molecule has 1 aliphatic heterocycles. The number of piperidine rings is 1. The first-order chi connectivity index (χ1) is 9.72. The van der Waals surface area contributed by atoms with Crippen molar-refractivity contribution in [1.29, 1.82) is 0 Å². The maximum Gasteiger partial charge on any atom is 0.228 e. The summed E-state index contributed by atoms with van der Waals surface area (Å²) in [6.45, 7) is 1.51. The van der Waals surface area contributed by atoms with Gasteiger partial charge in [-0.05, 0) is 24.3 Å². The lowest BCUT2D eigenvalue weighted by Crippen LogP contribution is -2.46. The van der Waals surface area contributed by atoms with Gasteiger partial charge in [-0.3, -0.25) is 4.79 Å². The van der Waals surface area contributed by atoms with Gasteiger partial charge in [0.05, 0.1) is 17.0 Å². The number of thiazole rings is 1. The van der Waals surface area contributed by atoms with E-state index < -0.39 is 0 Å². The minimum absolute atomic E-state index is 0.129. The number of carbonyl (C=O) groups excluding carboxylic acids is 1. The molecule has 2 aromatic heterocycles. The smallest absolute Gasteiger partial charge is 0.228 e. The molecule has 0 saturated carbocycles. The zero-order valence-electron chi connectivity index (χ0n) is 11.1. The summed E-state index contributed by atoms with van der Waals surface area (Å²) in [4.78, 5) is 19.8. The average Bonchev–Trinajstić information content (AvgIpc) is 3.08. The van der Waals surface area contributed by atoms with Gasteiger partial charge in [-0.15, -0.1) is 22.7 Å². The number of nitrogens with two attached hydrogens (primary N) is 1. The molecule has 1 atom stereocenters. The van der Waals surface area contributed by atoms with Crippen molar-refractivity contribution in [3.8, 4) is 9.88 Å². The van der Waals surface area contributed by atoms with Crippen LogP contribution >= 0.6 is 22.7 Å². The molecule has 1 aliphatic rings. The fourth-order valence-electron chi connectivity index (χ4n) is 2.40. The van der Waals surface area contributed by atoms with Gasteiger partial charge in [0, 0.05) is 24.5 Å². The molecule has 0 radical (unpaired) electrons. The number of thiophene rings is 1. The molecule has 1 saturated heterocycles. The Hall–Kier alpha value is -1.24. The number of hydrogen-bond donors (Lipinski definition) is 1. The number of amides is 1. The number of likely N-dealkylation sites (tertiary alicyclic amines) is 1. The van der Waals surface area contributed by atoms with Gasteiger partial charge in [0.2, 0.25) is 5.91 Å². The van der Waals surface area contributed by atoms with E-state index >= 15 is 0 Å². The molecular weight excluding hydrogens is 290 g/mol. The third-order valence-corrected chi connectivity index (χ3v) is 5.36. The number of aromatic nitrogens is 1. The first-order valence-electron chi connectivity index (χ1n) is 6.74. The van der Waals surface area contributed by atoms with Crippen molar-refractivity contribution in [2.24, 2.45) is 5.73 Å². The van der Waals surface area contributed by atoms with E-state index in [9.17, 15) is 4.79 Å². The van der Waals surface area contributed by atoms with Crippen molar-refractivity contribution in [3.05, 3.63) is 28.6 Å². The quantitative estimate of drug-likeness (QED) is 0.947. The van der Waals surface area contributed by atoms with Crippen LogP contribution in [0.4, 0.5) is 0 Å². The average molecular weight is 307 g/mol. The van der Waals surface area contributed by atoms with Gasteiger partial charge >= 0.3 is 0 Å². The second-order valence-electron chi connectivity index (χ2n) is 5.04. The standard InChI is InChI=1S/C14H17N3OS2/c15-10-3-1-5-17(8-10)13(18)7-11-9-20-14(16-11)12-4-2-6-19-12/h2,4,6,9-10H,1,3,5,7-8,15H2. The predicted molar refractivity (Wildman–Crippen MR) is 82.9 cm³/mol. The van der Waals surface area contributed by atoms with Crippen LogP contribution in [0.3, 0.4) is 0 Å². The molecule has 0 aliphatic carbocycles. The molecule has 106 valence electrons. The Balaban J connectivity index is 1.64. The Kier molecular flexibility index (Phi) is 4.14. The summed E-state index contributed by atoms with van der Waals surface area (Å²) >= 11 is 3.27. The van der Waals surface area contributed by atoms with E-state index in [1.165, 1.54) is 0 Å². The van der Waals surface area contributed by atoms with E-state index in [2.05, 4.69) is 11.1 Å². The highest BCUT2D eigenvalue weighted by Gasteiger charge is 2.22. The van der Waals surface area contributed by atoms with Gasteiger partial charge in [0.15, 0.2) is 0 Å². The maximum absolute atomic E-state index is 12.2. The van der Waals surface area contributed by atoms with Crippen LogP contribution in [0, 0.1) is 0 Å². The number of nitrogens with zero attached hydrogens (tertiary/aromatic N) is 2. The molecule has 0 aromatic carbocycles. The Morgan fingerprint density at radius 2 is 2.40 bits per heavy atom. The van der Waals surface area contributed by atoms with Gasteiger partial charge < -0.3 is 10.6 Å². The highest BCUT2D eigenvalue weighted by molar-refractivity contribution is 7.20. The van der Waals surface area contributed by atoms with Crippen LogP contribution in [-0.4, -0.2) is 34.9 Å². The highest BCUT2D eigenvalue weighted by Crippen LogP contribution is 2.28. The van der Waals surface area contributed by atoms with Crippen molar-refractivity contribution in [2.45, 2.75) is 25.3 Å². The molecule has 6 heteroatoms. The normalized spacial score (nSPS) is 19.2. The maximum atomic E-state index is 12.2. The summed E-state index contributed by atoms with van der Waals surface area (Å²) in [5, 5.41) is 5.02. The first-order valence-corrected chi connectivity index (χ1v) is 8.50. The van der Waals surface area contributed by atoms with E-state index in [-0.39, 0.29) is 11.9 Å². The highest BCUT2D eigenvalue weighted by atomic mass is 32.1. The van der Waals surface area contributed by atoms with Gasteiger partial charge in [0.25, 0.3) is 0 Å². The topological polar surface area (TPSA) is 59.2 Å². The minimum atomic E-state index is 0.129. The summed E-state index contributed by atoms with van der Waals surface area (Å²) in [5.74, 6) is 0.142. The summed E-state index contributed by atoms with van der Waals surface area (Å²) < 4.78 is 0. The van der Waals surface area contributed by atoms with Crippen molar-refractivity contribution in [2.75, 3.05) is 13.1 Å². The molecular formula is C14H17N3OS2. The van der Waals surface area contributed by atoms with Crippen LogP contribution < -0.4 is 5.73 Å². The Morgan fingerprint density at radius 3 is 3.15 bits per heavy atom. The Bertz CT molecular complexity index is 579. The third-order valence-electron chi connectivity index (χ3n) is 3.43. The lowest BCUT2D eigenvalue weighted by molar-refractivity contribution is -0.131. The van der Waals surface area contributed by atoms with E-state index in [1.807, 2.05) is 21.7 Å². The van der Waals surface area contributed by atoms with E-state index in [0.29, 0.717) is 13.0 Å². The van der Waals surface area contributed by atoms with Crippen LogP contribution in [0.1, 0.15) is 18.5 Å². The molecule has 1 fully saturated rings. The number of rotatable bonds is 3. The Morgan fingerprint density at radius 1 is 1.50 bits per heavy atom. The molecule has 3 rings (SSSR count). The van der Waals surface area contributed by atoms with Crippen LogP contribution in [0.5, 0.6) is 0 Å². The lowest BCUT2D eigenvalue weighted by atomic mass is 10.1. The summed E-state index contributed by atoms with van der Waals surface area (Å²) in [6.07, 6.45) is 2.40. The second-order valence-corrected chi connectivity index (χ2v) is 6.85. The van der Waals surface area contributed by atoms with Gasteiger partial charge in [-0.2, -0.15) is 0 Å². The van der Waals surface area contributed by atoms with Crippen LogP contribution in [0.15, 0.2) is 22.9 Å². The largest absolute Gasteiger partial charge is 0.341 e. The van der Waals surface area contributed by atoms with E-state index in [0.717, 1.165) is 35.0 Å². The number of carbonyl (C=O) groups is 1. The third kappa shape index (κ3) is 3.08. The summed E-state index contributed by atoms with van der Waals surface area (Å²) in [5.41, 5.74) is 6.78. The van der Waals surface area contributed by atoms with E-state index in [1.54, 1.807) is 22.7 Å². The zero-order valence-corrected chi connectivity index (χ0v) is 12.8. The molecule has 20 heavy (non-hydrogen) atoms. The van der Waals surface area contributed by atoms with Gasteiger partial charge in [0.1, 0.15) is 5.01 Å². The lowest BCUT2D eigenvalue weighted by Gasteiger charge is -2.30. The molecule has 0 spiro atoms. The van der Waals surface area contributed by atoms with Crippen LogP contribution in [0.25, 0.3) is 9.88 Å². The van der Waals surface area contributed by atoms with Crippen molar-refractivity contribution in [3.63, 3.8) is 0 Å². The first kappa shape index (κ1) is 13.7. The minimum Gasteiger partial charge on any atom is -0.341 e. The van der Waals surface area contributed by atoms with Gasteiger partial charge in [-0.25, -0.2) is 4.98 Å². The van der Waals surface area contributed by atoms with Crippen LogP contribution in [-0.2, 0) is 11.2 Å². The van der Waals surface area contributed by atoms with Crippen molar-refractivity contribution in [1.82, 2.24) is 9.88 Å². The van der Waals surface area contributed by atoms with Crippen molar-refractivity contribution >= 4 is 28.6 Å². The molecule has 2 aromatic rings. The van der Waals surface area contributed by atoms with Crippen molar-refractivity contribution < 1.29 is 4.79 Å². The molecule has 1 unspecified atom stereocenters. The molecule has 2 N–H and O–H groups in total. The molecule has 0 bridgehead atoms. The monoisotopic (exact) mass is 307 g/mol.